The van der Waals surface area contributed by atoms with Gasteiger partial charge < -0.3 is 10.2 Å². The molecule has 0 atom stereocenters. The van der Waals surface area contributed by atoms with Crippen LogP contribution in [-0.2, 0) is 6.42 Å². The van der Waals surface area contributed by atoms with Crippen LogP contribution in [0.15, 0.2) is 36.7 Å². The highest BCUT2D eigenvalue weighted by atomic mass is 15.1. The lowest BCUT2D eigenvalue weighted by molar-refractivity contribution is 0.191. The third kappa shape index (κ3) is 5.07. The van der Waals surface area contributed by atoms with Crippen molar-refractivity contribution in [1.29, 1.82) is 0 Å². The zero-order valence-corrected chi connectivity index (χ0v) is 18.3. The third-order valence-electron chi connectivity index (χ3n) is 7.21. The predicted octanol–water partition coefficient (Wildman–Crippen LogP) is 5.19. The highest BCUT2D eigenvalue weighted by Crippen LogP contribution is 2.33. The SMILES string of the molecule is CCc1cc(C2CCN(CCC3CCNCC3)CC2)ccc1-c1cnccc1C. The summed E-state index contributed by atoms with van der Waals surface area (Å²) in [5.74, 6) is 1.67. The van der Waals surface area contributed by atoms with Gasteiger partial charge in [-0.25, -0.2) is 0 Å². The highest BCUT2D eigenvalue weighted by molar-refractivity contribution is 5.70. The Morgan fingerprint density at radius 3 is 2.55 bits per heavy atom. The number of nitrogens with one attached hydrogen (secondary N) is 1. The summed E-state index contributed by atoms with van der Waals surface area (Å²) in [4.78, 5) is 7.07. The largest absolute Gasteiger partial charge is 0.317 e. The molecule has 2 aromatic rings. The first kappa shape index (κ1) is 20.6. The first-order valence-corrected chi connectivity index (χ1v) is 11.7. The molecule has 1 N–H and O–H groups in total. The van der Waals surface area contributed by atoms with E-state index in [1.165, 1.54) is 87.1 Å². The fourth-order valence-corrected chi connectivity index (χ4v) is 5.19. The van der Waals surface area contributed by atoms with E-state index in [1.54, 1.807) is 5.56 Å². The number of aryl methyl sites for hydroxylation is 2. The molecule has 29 heavy (non-hydrogen) atoms. The molecule has 3 heterocycles. The molecule has 2 fully saturated rings. The lowest BCUT2D eigenvalue weighted by atomic mass is 9.85. The number of nitrogens with zero attached hydrogens (tertiary/aromatic N) is 2. The molecule has 3 nitrogen and oxygen atoms in total. The van der Waals surface area contributed by atoms with Crippen molar-refractivity contribution >= 4 is 0 Å². The Bertz CT molecular complexity index is 786. The molecule has 0 unspecified atom stereocenters. The van der Waals surface area contributed by atoms with Gasteiger partial charge in [-0.2, -0.15) is 0 Å². The Kier molecular flexibility index (Phi) is 6.99. The van der Waals surface area contributed by atoms with E-state index >= 15 is 0 Å². The molecule has 0 aliphatic carbocycles. The third-order valence-corrected chi connectivity index (χ3v) is 7.21. The predicted molar refractivity (Wildman–Crippen MR) is 122 cm³/mol. The molecule has 0 amide bonds. The summed E-state index contributed by atoms with van der Waals surface area (Å²) in [6, 6.07) is 9.33. The zero-order chi connectivity index (χ0) is 20.1. The average Bonchev–Trinajstić information content (AvgIpc) is 2.79. The van der Waals surface area contributed by atoms with Crippen molar-refractivity contribution in [3.63, 3.8) is 0 Å². The number of hydrogen-bond acceptors (Lipinski definition) is 3. The van der Waals surface area contributed by atoms with Crippen LogP contribution >= 0.6 is 0 Å². The fraction of sp³-hybridized carbons (Fsp3) is 0.577. The number of likely N-dealkylation sites (tertiary alicyclic amines) is 1. The summed E-state index contributed by atoms with van der Waals surface area (Å²) < 4.78 is 0. The number of hydrogen-bond donors (Lipinski definition) is 1. The molecular weight excluding hydrogens is 354 g/mol. The number of benzene rings is 1. The second-order valence-corrected chi connectivity index (χ2v) is 9.06. The topological polar surface area (TPSA) is 28.2 Å². The molecule has 2 aliphatic rings. The normalized spacial score (nSPS) is 19.5. The molecule has 0 radical (unpaired) electrons. The minimum absolute atomic E-state index is 0.722. The van der Waals surface area contributed by atoms with Crippen LogP contribution in [0.5, 0.6) is 0 Å². The van der Waals surface area contributed by atoms with E-state index in [0.717, 1.165) is 18.3 Å². The van der Waals surface area contributed by atoms with Crippen LogP contribution in [-0.4, -0.2) is 42.6 Å². The second kappa shape index (κ2) is 9.86. The van der Waals surface area contributed by atoms with E-state index in [-0.39, 0.29) is 0 Å². The number of piperidine rings is 2. The van der Waals surface area contributed by atoms with E-state index in [0.29, 0.717) is 0 Å². The maximum absolute atomic E-state index is 4.36. The Labute approximate surface area is 176 Å². The van der Waals surface area contributed by atoms with Gasteiger partial charge in [-0.05, 0) is 118 Å². The number of pyridine rings is 1. The van der Waals surface area contributed by atoms with Crippen LogP contribution in [0.3, 0.4) is 0 Å². The Morgan fingerprint density at radius 1 is 1.03 bits per heavy atom. The number of rotatable bonds is 6. The van der Waals surface area contributed by atoms with Crippen LogP contribution in [0.4, 0.5) is 0 Å². The van der Waals surface area contributed by atoms with Gasteiger partial charge in [-0.15, -0.1) is 0 Å². The Morgan fingerprint density at radius 2 is 1.83 bits per heavy atom. The standard InChI is InChI=1S/C26H37N3/c1-3-22-18-24(4-5-25(22)26-19-28-12-6-20(26)2)23-10-16-29(17-11-23)15-9-21-7-13-27-14-8-21/h4-6,12,18-19,21,23,27H,3,7-11,13-17H2,1-2H3. The van der Waals surface area contributed by atoms with Gasteiger partial charge in [0.25, 0.3) is 0 Å². The van der Waals surface area contributed by atoms with Crippen LogP contribution in [0.25, 0.3) is 11.1 Å². The van der Waals surface area contributed by atoms with Crippen molar-refractivity contribution in [2.75, 3.05) is 32.7 Å². The van der Waals surface area contributed by atoms with Crippen LogP contribution in [0, 0.1) is 12.8 Å². The molecule has 4 rings (SSSR count). The van der Waals surface area contributed by atoms with Gasteiger partial charge in [0.15, 0.2) is 0 Å². The molecule has 1 aromatic heterocycles. The summed E-state index contributed by atoms with van der Waals surface area (Å²) in [5.41, 5.74) is 6.96. The molecule has 0 saturated carbocycles. The quantitative estimate of drug-likeness (QED) is 0.734. The summed E-state index contributed by atoms with van der Waals surface area (Å²) in [6.07, 6.45) is 11.7. The van der Waals surface area contributed by atoms with Crippen LogP contribution in [0.2, 0.25) is 0 Å². The monoisotopic (exact) mass is 391 g/mol. The molecule has 3 heteroatoms. The molecule has 1 aromatic carbocycles. The van der Waals surface area contributed by atoms with Crippen molar-refractivity contribution in [3.8, 4) is 11.1 Å². The first-order chi connectivity index (χ1) is 14.2. The summed E-state index contributed by atoms with van der Waals surface area (Å²) >= 11 is 0. The van der Waals surface area contributed by atoms with E-state index in [2.05, 4.69) is 53.3 Å². The van der Waals surface area contributed by atoms with E-state index in [1.807, 2.05) is 12.4 Å². The summed E-state index contributed by atoms with van der Waals surface area (Å²) in [5, 5.41) is 3.49. The maximum Gasteiger partial charge on any atom is 0.0349 e. The maximum atomic E-state index is 4.36. The van der Waals surface area contributed by atoms with Crippen molar-refractivity contribution < 1.29 is 0 Å². The summed E-state index contributed by atoms with van der Waals surface area (Å²) in [6.45, 7) is 10.7. The molecule has 2 aliphatic heterocycles. The molecule has 156 valence electrons. The smallest absolute Gasteiger partial charge is 0.0349 e. The minimum atomic E-state index is 0.722. The van der Waals surface area contributed by atoms with E-state index < -0.39 is 0 Å². The van der Waals surface area contributed by atoms with Gasteiger partial charge in [-0.1, -0.05) is 25.1 Å². The number of aromatic nitrogens is 1. The minimum Gasteiger partial charge on any atom is -0.317 e. The van der Waals surface area contributed by atoms with Gasteiger partial charge in [0.05, 0.1) is 0 Å². The van der Waals surface area contributed by atoms with E-state index in [4.69, 9.17) is 0 Å². The molecular formula is C26H37N3. The fourth-order valence-electron chi connectivity index (χ4n) is 5.19. The molecule has 0 bridgehead atoms. The van der Waals surface area contributed by atoms with Gasteiger partial charge >= 0.3 is 0 Å². The molecule has 2 saturated heterocycles. The van der Waals surface area contributed by atoms with Gasteiger partial charge in [0, 0.05) is 18.0 Å². The van der Waals surface area contributed by atoms with Crippen molar-refractivity contribution in [1.82, 2.24) is 15.2 Å². The molecule has 0 spiro atoms. The first-order valence-electron chi connectivity index (χ1n) is 11.7. The lowest BCUT2D eigenvalue weighted by Gasteiger charge is -2.34. The van der Waals surface area contributed by atoms with Crippen molar-refractivity contribution in [3.05, 3.63) is 53.3 Å². The van der Waals surface area contributed by atoms with Crippen molar-refractivity contribution in [2.24, 2.45) is 5.92 Å². The van der Waals surface area contributed by atoms with Gasteiger partial charge in [0.2, 0.25) is 0 Å². The lowest BCUT2D eigenvalue weighted by Crippen LogP contribution is -2.36. The summed E-state index contributed by atoms with van der Waals surface area (Å²) in [7, 11) is 0. The second-order valence-electron chi connectivity index (χ2n) is 9.06. The van der Waals surface area contributed by atoms with Crippen LogP contribution < -0.4 is 5.32 Å². The van der Waals surface area contributed by atoms with E-state index in [9.17, 15) is 0 Å². The van der Waals surface area contributed by atoms with Gasteiger partial charge in [0.1, 0.15) is 0 Å². The Balaban J connectivity index is 1.36. The zero-order valence-electron chi connectivity index (χ0n) is 18.3. The van der Waals surface area contributed by atoms with Gasteiger partial charge in [-0.3, -0.25) is 4.98 Å². The highest BCUT2D eigenvalue weighted by Gasteiger charge is 2.22. The van der Waals surface area contributed by atoms with Crippen LogP contribution in [0.1, 0.15) is 61.6 Å². The Hall–Kier alpha value is -1.71. The van der Waals surface area contributed by atoms with Crippen molar-refractivity contribution in [2.45, 2.75) is 58.3 Å². The average molecular weight is 392 g/mol.